The highest BCUT2D eigenvalue weighted by molar-refractivity contribution is 7.99. The Balaban J connectivity index is 1.82. The molecule has 0 saturated heterocycles. The highest BCUT2D eigenvalue weighted by atomic mass is 32.2. The first-order valence-electron chi connectivity index (χ1n) is 5.94. The molecular formula is C14H15NOS2. The van der Waals surface area contributed by atoms with Gasteiger partial charge in [-0.05, 0) is 36.1 Å². The van der Waals surface area contributed by atoms with Crippen molar-refractivity contribution in [1.82, 2.24) is 0 Å². The second-order valence-corrected chi connectivity index (χ2v) is 6.42. The van der Waals surface area contributed by atoms with E-state index < -0.39 is 0 Å². The Kier molecular flexibility index (Phi) is 3.33. The predicted octanol–water partition coefficient (Wildman–Crippen LogP) is 3.61. The average molecular weight is 277 g/mol. The lowest BCUT2D eigenvalue weighted by Gasteiger charge is -2.29. The number of ether oxygens (including phenoxy) is 1. The highest BCUT2D eigenvalue weighted by Crippen LogP contribution is 2.38. The molecule has 2 unspecified atom stereocenters. The van der Waals surface area contributed by atoms with Crippen molar-refractivity contribution in [1.29, 1.82) is 0 Å². The van der Waals surface area contributed by atoms with Crippen LogP contribution < -0.4 is 10.5 Å². The largest absolute Gasteiger partial charge is 0.486 e. The lowest BCUT2D eigenvalue weighted by molar-refractivity contribution is 0.186. The van der Waals surface area contributed by atoms with Gasteiger partial charge in [-0.25, -0.2) is 0 Å². The standard InChI is InChI=1S/C14H15NOS2/c1-9-6-7-17-14(9)13(15)11-8-18-12-5-3-2-4-10(12)16-11/h2-7,11,13H,8,15H2,1H3. The SMILES string of the molecule is Cc1ccsc1C(N)C1CSc2ccccc2O1. The minimum absolute atomic E-state index is 0.0362. The van der Waals surface area contributed by atoms with Crippen molar-refractivity contribution < 1.29 is 4.74 Å². The summed E-state index contributed by atoms with van der Waals surface area (Å²) in [6, 6.07) is 10.2. The molecule has 1 aliphatic heterocycles. The third-order valence-electron chi connectivity index (χ3n) is 3.14. The molecule has 2 heterocycles. The quantitative estimate of drug-likeness (QED) is 0.910. The van der Waals surface area contributed by atoms with Crippen molar-refractivity contribution in [3.05, 3.63) is 46.2 Å². The first-order chi connectivity index (χ1) is 8.75. The van der Waals surface area contributed by atoms with Crippen molar-refractivity contribution in [2.75, 3.05) is 5.75 Å². The van der Waals surface area contributed by atoms with E-state index in [-0.39, 0.29) is 12.1 Å². The van der Waals surface area contributed by atoms with Crippen LogP contribution in [0.25, 0.3) is 0 Å². The predicted molar refractivity (Wildman–Crippen MR) is 77.6 cm³/mol. The normalized spacial score (nSPS) is 20.0. The van der Waals surface area contributed by atoms with Gasteiger partial charge in [0, 0.05) is 15.5 Å². The van der Waals surface area contributed by atoms with Crippen LogP contribution in [0, 0.1) is 6.92 Å². The fourth-order valence-corrected chi connectivity index (χ4v) is 4.14. The summed E-state index contributed by atoms with van der Waals surface area (Å²) in [7, 11) is 0. The van der Waals surface area contributed by atoms with Gasteiger partial charge in [0.15, 0.2) is 0 Å². The van der Waals surface area contributed by atoms with Crippen molar-refractivity contribution in [3.63, 3.8) is 0 Å². The molecule has 2 nitrogen and oxygen atoms in total. The van der Waals surface area contributed by atoms with E-state index in [1.807, 2.05) is 30.0 Å². The first kappa shape index (κ1) is 12.1. The number of nitrogens with two attached hydrogens (primary N) is 1. The van der Waals surface area contributed by atoms with Gasteiger partial charge in [0.2, 0.25) is 0 Å². The lowest BCUT2D eigenvalue weighted by atomic mass is 10.1. The molecule has 0 fully saturated rings. The molecule has 0 saturated carbocycles. The van der Waals surface area contributed by atoms with Gasteiger partial charge >= 0.3 is 0 Å². The van der Waals surface area contributed by atoms with Gasteiger partial charge in [0.1, 0.15) is 11.9 Å². The molecule has 2 atom stereocenters. The van der Waals surface area contributed by atoms with Crippen molar-refractivity contribution >= 4 is 23.1 Å². The molecule has 3 rings (SSSR count). The summed E-state index contributed by atoms with van der Waals surface area (Å²) in [5.74, 6) is 1.87. The smallest absolute Gasteiger partial charge is 0.133 e. The molecule has 0 spiro atoms. The van der Waals surface area contributed by atoms with Gasteiger partial charge in [-0.2, -0.15) is 0 Å². The number of hydrogen-bond acceptors (Lipinski definition) is 4. The second-order valence-electron chi connectivity index (χ2n) is 4.41. The molecular weight excluding hydrogens is 262 g/mol. The van der Waals surface area contributed by atoms with Crippen LogP contribution in [0.4, 0.5) is 0 Å². The summed E-state index contributed by atoms with van der Waals surface area (Å²) < 4.78 is 6.03. The summed E-state index contributed by atoms with van der Waals surface area (Å²) in [5.41, 5.74) is 7.61. The molecule has 94 valence electrons. The van der Waals surface area contributed by atoms with Crippen LogP contribution in [-0.4, -0.2) is 11.9 Å². The lowest BCUT2D eigenvalue weighted by Crippen LogP contribution is -2.35. The van der Waals surface area contributed by atoms with E-state index in [1.165, 1.54) is 15.3 Å². The molecule has 2 N–H and O–H groups in total. The summed E-state index contributed by atoms with van der Waals surface area (Å²) in [5, 5.41) is 2.09. The van der Waals surface area contributed by atoms with Crippen LogP contribution >= 0.6 is 23.1 Å². The Morgan fingerprint density at radius 1 is 1.33 bits per heavy atom. The van der Waals surface area contributed by atoms with Gasteiger partial charge in [0.25, 0.3) is 0 Å². The van der Waals surface area contributed by atoms with Crippen LogP contribution in [0.15, 0.2) is 40.6 Å². The fraction of sp³-hybridized carbons (Fsp3) is 0.286. The molecule has 2 aromatic rings. The minimum atomic E-state index is -0.0362. The fourth-order valence-electron chi connectivity index (χ4n) is 2.11. The minimum Gasteiger partial charge on any atom is -0.486 e. The molecule has 4 heteroatoms. The Bertz CT molecular complexity index is 552. The zero-order valence-corrected chi connectivity index (χ0v) is 11.8. The van der Waals surface area contributed by atoms with E-state index in [0.29, 0.717) is 0 Å². The summed E-state index contributed by atoms with van der Waals surface area (Å²) in [6.07, 6.45) is 0.0576. The number of aryl methyl sites for hydroxylation is 1. The maximum Gasteiger partial charge on any atom is 0.133 e. The molecule has 1 aromatic heterocycles. The van der Waals surface area contributed by atoms with Crippen molar-refractivity contribution in [2.24, 2.45) is 5.73 Å². The topological polar surface area (TPSA) is 35.2 Å². The van der Waals surface area contributed by atoms with Crippen LogP contribution in [0.3, 0.4) is 0 Å². The van der Waals surface area contributed by atoms with Crippen LogP contribution in [0.1, 0.15) is 16.5 Å². The number of thioether (sulfide) groups is 1. The molecule has 1 aromatic carbocycles. The molecule has 0 amide bonds. The summed E-state index contributed by atoms with van der Waals surface area (Å²) in [4.78, 5) is 2.45. The van der Waals surface area contributed by atoms with E-state index in [9.17, 15) is 0 Å². The number of fused-ring (bicyclic) bond motifs is 1. The maximum absolute atomic E-state index is 6.34. The van der Waals surface area contributed by atoms with Gasteiger partial charge in [-0.1, -0.05) is 12.1 Å². The van der Waals surface area contributed by atoms with E-state index in [0.717, 1.165) is 11.5 Å². The van der Waals surface area contributed by atoms with Crippen molar-refractivity contribution in [2.45, 2.75) is 24.0 Å². The Morgan fingerprint density at radius 2 is 2.17 bits per heavy atom. The molecule has 1 aliphatic rings. The monoisotopic (exact) mass is 277 g/mol. The zero-order chi connectivity index (χ0) is 12.5. The summed E-state index contributed by atoms with van der Waals surface area (Å²) >= 11 is 3.55. The van der Waals surface area contributed by atoms with Gasteiger partial charge in [0.05, 0.1) is 6.04 Å². The van der Waals surface area contributed by atoms with Crippen LogP contribution in [0.2, 0.25) is 0 Å². The molecule has 0 bridgehead atoms. The maximum atomic E-state index is 6.34. The second kappa shape index (κ2) is 4.96. The Hall–Kier alpha value is -0.970. The van der Waals surface area contributed by atoms with Gasteiger partial charge in [-0.3, -0.25) is 0 Å². The highest BCUT2D eigenvalue weighted by Gasteiger charge is 2.28. The number of thiophene rings is 1. The molecule has 0 radical (unpaired) electrons. The van der Waals surface area contributed by atoms with Crippen LogP contribution in [0.5, 0.6) is 5.75 Å². The number of hydrogen-bond donors (Lipinski definition) is 1. The zero-order valence-electron chi connectivity index (χ0n) is 10.1. The van der Waals surface area contributed by atoms with E-state index in [2.05, 4.69) is 24.4 Å². The van der Waals surface area contributed by atoms with Gasteiger partial charge < -0.3 is 10.5 Å². The van der Waals surface area contributed by atoms with E-state index in [1.54, 1.807) is 11.3 Å². The van der Waals surface area contributed by atoms with Crippen LogP contribution in [-0.2, 0) is 0 Å². The summed E-state index contributed by atoms with van der Waals surface area (Å²) in [6.45, 7) is 2.11. The van der Waals surface area contributed by atoms with E-state index in [4.69, 9.17) is 10.5 Å². The average Bonchev–Trinajstić information content (AvgIpc) is 2.83. The Morgan fingerprint density at radius 3 is 2.94 bits per heavy atom. The third kappa shape index (κ3) is 2.16. The number of benzene rings is 1. The molecule has 18 heavy (non-hydrogen) atoms. The molecule has 0 aliphatic carbocycles. The Labute approximate surface area is 115 Å². The third-order valence-corrected chi connectivity index (χ3v) is 5.40. The first-order valence-corrected chi connectivity index (χ1v) is 7.80. The number of para-hydroxylation sites is 1. The van der Waals surface area contributed by atoms with E-state index >= 15 is 0 Å². The number of rotatable bonds is 2. The van der Waals surface area contributed by atoms with Gasteiger partial charge in [-0.15, -0.1) is 23.1 Å². The van der Waals surface area contributed by atoms with Crippen molar-refractivity contribution in [3.8, 4) is 5.75 Å².